The van der Waals surface area contributed by atoms with Crippen LogP contribution < -0.4 is 15.4 Å². The number of carbonyl (C=O) groups excluding carboxylic acids is 1. The summed E-state index contributed by atoms with van der Waals surface area (Å²) in [5.41, 5.74) is 1.06. The molecule has 1 amide bonds. The summed E-state index contributed by atoms with van der Waals surface area (Å²) in [6.45, 7) is 5.95. The van der Waals surface area contributed by atoms with E-state index in [2.05, 4.69) is 10.6 Å². The molecule has 2 rings (SSSR count). The van der Waals surface area contributed by atoms with Crippen molar-refractivity contribution in [3.63, 3.8) is 0 Å². The van der Waals surface area contributed by atoms with Crippen LogP contribution in [0.3, 0.4) is 0 Å². The summed E-state index contributed by atoms with van der Waals surface area (Å²) in [7, 11) is 1.73. The van der Waals surface area contributed by atoms with Gasteiger partial charge in [-0.05, 0) is 50.6 Å². The second-order valence-corrected chi connectivity index (χ2v) is 6.21. The number of nitrogens with one attached hydrogen (secondary N) is 2. The van der Waals surface area contributed by atoms with Crippen molar-refractivity contribution in [2.75, 3.05) is 40.0 Å². The molecule has 1 aliphatic heterocycles. The van der Waals surface area contributed by atoms with E-state index in [-0.39, 0.29) is 23.7 Å². The average Bonchev–Trinajstić information content (AvgIpc) is 2.56. The highest BCUT2D eigenvalue weighted by atomic mass is 35.5. The second-order valence-electron chi connectivity index (χ2n) is 6.21. The van der Waals surface area contributed by atoms with Gasteiger partial charge in [0, 0.05) is 19.1 Å². The number of piperidine rings is 1. The summed E-state index contributed by atoms with van der Waals surface area (Å²) in [4.78, 5) is 12.2. The van der Waals surface area contributed by atoms with Crippen LogP contribution in [0.4, 0.5) is 0 Å². The van der Waals surface area contributed by atoms with E-state index in [4.69, 9.17) is 9.47 Å². The Morgan fingerprint density at radius 2 is 1.92 bits per heavy atom. The molecule has 0 saturated carbocycles. The van der Waals surface area contributed by atoms with E-state index in [1.165, 1.54) is 0 Å². The number of methoxy groups -OCH3 is 1. The van der Waals surface area contributed by atoms with Crippen molar-refractivity contribution in [1.82, 2.24) is 10.6 Å². The molecule has 136 valence electrons. The number of amides is 1. The summed E-state index contributed by atoms with van der Waals surface area (Å²) in [5, 5.41) is 6.45. The van der Waals surface area contributed by atoms with Crippen LogP contribution in [0.1, 0.15) is 25.3 Å². The molecular weight excluding hydrogens is 328 g/mol. The molecular formula is C18H29ClN2O3. The third-order valence-corrected chi connectivity index (χ3v) is 4.37. The Hall–Kier alpha value is -1.30. The fourth-order valence-electron chi connectivity index (χ4n) is 3.04. The topological polar surface area (TPSA) is 59.6 Å². The highest BCUT2D eigenvalue weighted by Crippen LogP contribution is 2.28. The normalized spacial score (nSPS) is 16.1. The number of hydrogen-bond donors (Lipinski definition) is 2. The minimum Gasteiger partial charge on any atom is -0.494 e. The zero-order valence-corrected chi connectivity index (χ0v) is 15.4. The number of rotatable bonds is 8. The first-order valence-electron chi connectivity index (χ1n) is 8.35. The summed E-state index contributed by atoms with van der Waals surface area (Å²) in [5.74, 6) is 0.897. The number of benzene rings is 1. The van der Waals surface area contributed by atoms with Gasteiger partial charge in [0.25, 0.3) is 0 Å². The minimum absolute atomic E-state index is 0. The lowest BCUT2D eigenvalue weighted by atomic mass is 9.79. The van der Waals surface area contributed by atoms with Crippen LogP contribution in [0.25, 0.3) is 0 Å². The van der Waals surface area contributed by atoms with Gasteiger partial charge in [0.15, 0.2) is 0 Å². The largest absolute Gasteiger partial charge is 0.494 e. The number of ether oxygens (including phenoxy) is 2. The molecule has 1 fully saturated rings. The van der Waals surface area contributed by atoms with Gasteiger partial charge < -0.3 is 20.1 Å². The second kappa shape index (κ2) is 10.5. The van der Waals surface area contributed by atoms with Crippen molar-refractivity contribution in [2.24, 2.45) is 5.41 Å². The molecule has 1 aliphatic rings. The first kappa shape index (κ1) is 20.7. The number of hydrogen-bond acceptors (Lipinski definition) is 4. The van der Waals surface area contributed by atoms with Gasteiger partial charge in [0.2, 0.25) is 5.91 Å². The molecule has 0 radical (unpaired) electrons. The molecule has 1 aromatic carbocycles. The maximum absolute atomic E-state index is 12.2. The van der Waals surface area contributed by atoms with Crippen LogP contribution in [0.15, 0.2) is 24.3 Å². The molecule has 1 aromatic rings. The van der Waals surface area contributed by atoms with Crippen molar-refractivity contribution < 1.29 is 14.3 Å². The summed E-state index contributed by atoms with van der Waals surface area (Å²) in [6.07, 6.45) is 2.46. The van der Waals surface area contributed by atoms with Gasteiger partial charge in [-0.1, -0.05) is 12.1 Å². The SMILES string of the molecule is CCOc1ccc(CC(=O)NCC2(COC)CCNCC2)cc1.Cl. The Bertz CT molecular complexity index is 482. The number of halogens is 1. The zero-order chi connectivity index (χ0) is 16.5. The van der Waals surface area contributed by atoms with Gasteiger partial charge in [-0.25, -0.2) is 0 Å². The van der Waals surface area contributed by atoms with Gasteiger partial charge >= 0.3 is 0 Å². The minimum atomic E-state index is 0. The van der Waals surface area contributed by atoms with E-state index >= 15 is 0 Å². The van der Waals surface area contributed by atoms with Gasteiger partial charge in [-0.15, -0.1) is 12.4 Å². The molecule has 0 aromatic heterocycles. The monoisotopic (exact) mass is 356 g/mol. The Morgan fingerprint density at radius 1 is 1.25 bits per heavy atom. The molecule has 1 heterocycles. The van der Waals surface area contributed by atoms with E-state index in [1.54, 1.807) is 7.11 Å². The first-order valence-corrected chi connectivity index (χ1v) is 8.35. The van der Waals surface area contributed by atoms with Gasteiger partial charge in [0.1, 0.15) is 5.75 Å². The summed E-state index contributed by atoms with van der Waals surface area (Å²) >= 11 is 0. The van der Waals surface area contributed by atoms with Gasteiger partial charge in [0.05, 0.1) is 19.6 Å². The van der Waals surface area contributed by atoms with E-state index < -0.39 is 0 Å². The first-order chi connectivity index (χ1) is 11.2. The Balaban J connectivity index is 0.00000288. The van der Waals surface area contributed by atoms with E-state index in [0.717, 1.165) is 37.2 Å². The van der Waals surface area contributed by atoms with E-state index in [9.17, 15) is 4.79 Å². The molecule has 0 bridgehead atoms. The third-order valence-electron chi connectivity index (χ3n) is 4.37. The van der Waals surface area contributed by atoms with Crippen molar-refractivity contribution in [3.05, 3.63) is 29.8 Å². The lowest BCUT2D eigenvalue weighted by Gasteiger charge is -2.37. The summed E-state index contributed by atoms with van der Waals surface area (Å²) < 4.78 is 10.8. The van der Waals surface area contributed by atoms with Crippen LogP contribution >= 0.6 is 12.4 Å². The van der Waals surface area contributed by atoms with Crippen molar-refractivity contribution in [1.29, 1.82) is 0 Å². The zero-order valence-electron chi connectivity index (χ0n) is 14.6. The highest BCUT2D eigenvalue weighted by Gasteiger charge is 2.32. The van der Waals surface area contributed by atoms with E-state index in [1.807, 2.05) is 31.2 Å². The van der Waals surface area contributed by atoms with Crippen molar-refractivity contribution in [2.45, 2.75) is 26.2 Å². The van der Waals surface area contributed by atoms with Gasteiger partial charge in [-0.3, -0.25) is 4.79 Å². The average molecular weight is 357 g/mol. The standard InChI is InChI=1S/C18H28N2O3.ClH/c1-3-23-16-6-4-15(5-7-16)12-17(21)20-13-18(14-22-2)8-10-19-11-9-18;/h4-7,19H,3,8-14H2,1-2H3,(H,20,21);1H. The van der Waals surface area contributed by atoms with Gasteiger partial charge in [-0.2, -0.15) is 0 Å². The molecule has 24 heavy (non-hydrogen) atoms. The molecule has 2 N–H and O–H groups in total. The smallest absolute Gasteiger partial charge is 0.224 e. The molecule has 0 atom stereocenters. The highest BCUT2D eigenvalue weighted by molar-refractivity contribution is 5.85. The van der Waals surface area contributed by atoms with E-state index in [0.29, 0.717) is 26.2 Å². The maximum Gasteiger partial charge on any atom is 0.224 e. The number of carbonyl (C=O) groups is 1. The maximum atomic E-state index is 12.2. The van der Waals surface area contributed by atoms with Crippen molar-refractivity contribution in [3.8, 4) is 5.75 Å². The molecule has 0 unspecified atom stereocenters. The van der Waals surface area contributed by atoms with Crippen molar-refractivity contribution >= 4 is 18.3 Å². The fourth-order valence-corrected chi connectivity index (χ4v) is 3.04. The quantitative estimate of drug-likeness (QED) is 0.749. The molecule has 1 saturated heterocycles. The van der Waals surface area contributed by atoms with Crippen LogP contribution in [-0.2, 0) is 16.0 Å². The predicted octanol–water partition coefficient (Wildman–Crippen LogP) is 2.18. The molecule has 5 nitrogen and oxygen atoms in total. The summed E-state index contributed by atoms with van der Waals surface area (Å²) in [6, 6.07) is 7.71. The Morgan fingerprint density at radius 3 is 2.50 bits per heavy atom. The molecule has 0 spiro atoms. The predicted molar refractivity (Wildman–Crippen MR) is 98.0 cm³/mol. The molecule has 6 heteroatoms. The van der Waals surface area contributed by atoms with Crippen LogP contribution in [0.2, 0.25) is 0 Å². The Kier molecular flexibility index (Phi) is 9.11. The van der Waals surface area contributed by atoms with Crippen LogP contribution in [-0.4, -0.2) is 45.9 Å². The van der Waals surface area contributed by atoms with Crippen LogP contribution in [0, 0.1) is 5.41 Å². The third kappa shape index (κ3) is 6.30. The lowest BCUT2D eigenvalue weighted by Crippen LogP contribution is -2.47. The van der Waals surface area contributed by atoms with Crippen LogP contribution in [0.5, 0.6) is 5.75 Å². The Labute approximate surface area is 150 Å². The lowest BCUT2D eigenvalue weighted by molar-refractivity contribution is -0.121. The molecule has 0 aliphatic carbocycles. The fraction of sp³-hybridized carbons (Fsp3) is 0.611.